The van der Waals surface area contributed by atoms with Crippen LogP contribution in [0, 0.1) is 17.8 Å². The van der Waals surface area contributed by atoms with Crippen LogP contribution in [0.2, 0.25) is 0 Å². The number of rotatable bonds is 2. The number of hydrogen-bond acceptors (Lipinski definition) is 1. The third-order valence-corrected chi connectivity index (χ3v) is 5.61. The van der Waals surface area contributed by atoms with Crippen LogP contribution < -0.4 is 5.32 Å². The summed E-state index contributed by atoms with van der Waals surface area (Å²) in [7, 11) is 0. The zero-order valence-electron chi connectivity index (χ0n) is 11.5. The van der Waals surface area contributed by atoms with Gasteiger partial charge in [0.05, 0.1) is 0 Å². The van der Waals surface area contributed by atoms with Crippen LogP contribution in [0.25, 0.3) is 0 Å². The highest BCUT2D eigenvalue weighted by Crippen LogP contribution is 2.42. The lowest BCUT2D eigenvalue weighted by Gasteiger charge is -2.39. The third kappa shape index (κ3) is 2.73. The summed E-state index contributed by atoms with van der Waals surface area (Å²) in [5, 5.41) is 3.31. The molecular weight excluding hydrogens is 222 g/mol. The number of nitrogens with one attached hydrogen (secondary N) is 1. The van der Waals surface area contributed by atoms with Crippen molar-refractivity contribution in [2.45, 2.75) is 76.7 Å². The molecule has 0 spiro atoms. The average molecular weight is 249 g/mol. The maximum Gasteiger partial charge on any atom is 0.223 e. The molecule has 102 valence electrons. The van der Waals surface area contributed by atoms with E-state index < -0.39 is 0 Å². The van der Waals surface area contributed by atoms with E-state index in [4.69, 9.17) is 0 Å². The van der Waals surface area contributed by atoms with Gasteiger partial charge in [-0.15, -0.1) is 0 Å². The van der Waals surface area contributed by atoms with E-state index in [1.54, 1.807) is 0 Å². The van der Waals surface area contributed by atoms with Gasteiger partial charge >= 0.3 is 0 Å². The molecule has 3 rings (SSSR count). The maximum absolute atomic E-state index is 12.3. The normalized spacial score (nSPS) is 37.2. The van der Waals surface area contributed by atoms with Gasteiger partial charge in [0.1, 0.15) is 0 Å². The van der Waals surface area contributed by atoms with Crippen LogP contribution in [0.1, 0.15) is 70.6 Å². The summed E-state index contributed by atoms with van der Waals surface area (Å²) in [4.78, 5) is 12.3. The van der Waals surface area contributed by atoms with Gasteiger partial charge in [-0.25, -0.2) is 0 Å². The molecule has 0 aliphatic heterocycles. The number of hydrogen-bond donors (Lipinski definition) is 1. The van der Waals surface area contributed by atoms with Gasteiger partial charge in [-0.3, -0.25) is 4.79 Å². The van der Waals surface area contributed by atoms with Crippen molar-refractivity contribution in [3.8, 4) is 0 Å². The van der Waals surface area contributed by atoms with Crippen molar-refractivity contribution in [3.63, 3.8) is 0 Å². The lowest BCUT2D eigenvalue weighted by molar-refractivity contribution is -0.127. The Kier molecular flexibility index (Phi) is 3.91. The highest BCUT2D eigenvalue weighted by Gasteiger charge is 2.35. The van der Waals surface area contributed by atoms with Crippen LogP contribution in [-0.2, 0) is 4.79 Å². The smallest absolute Gasteiger partial charge is 0.223 e. The van der Waals surface area contributed by atoms with Gasteiger partial charge in [0.2, 0.25) is 5.91 Å². The van der Waals surface area contributed by atoms with Crippen LogP contribution in [0.4, 0.5) is 0 Å². The summed E-state index contributed by atoms with van der Waals surface area (Å²) in [5.74, 6) is 2.54. The molecular formula is C16H27NO. The lowest BCUT2D eigenvalue weighted by Crippen LogP contribution is -2.41. The summed E-state index contributed by atoms with van der Waals surface area (Å²) >= 11 is 0. The Labute approximate surface area is 111 Å². The molecule has 0 radical (unpaired) electrons. The first kappa shape index (κ1) is 12.5. The first-order chi connectivity index (χ1) is 8.83. The van der Waals surface area contributed by atoms with E-state index in [0.29, 0.717) is 17.9 Å². The fourth-order valence-electron chi connectivity index (χ4n) is 4.50. The van der Waals surface area contributed by atoms with Crippen LogP contribution >= 0.6 is 0 Å². The van der Waals surface area contributed by atoms with Crippen molar-refractivity contribution in [1.29, 1.82) is 0 Å². The molecule has 0 bridgehead atoms. The van der Waals surface area contributed by atoms with Crippen LogP contribution in [0.15, 0.2) is 0 Å². The SMILES string of the molecule is O=C(NC1CCCC1)C1CCC2CCCCC2C1. The standard InChI is InChI=1S/C16H27NO/c18-16(17-15-7-3-4-8-15)14-10-9-12-5-1-2-6-13(12)11-14/h12-15H,1-11H2,(H,17,18). The second-order valence-corrected chi connectivity index (χ2v) is 6.80. The van der Waals surface area contributed by atoms with Crippen molar-refractivity contribution in [1.82, 2.24) is 5.32 Å². The Balaban J connectivity index is 1.51. The molecule has 2 heteroatoms. The first-order valence-electron chi connectivity index (χ1n) is 8.13. The molecule has 0 aromatic heterocycles. The zero-order chi connectivity index (χ0) is 12.4. The predicted octanol–water partition coefficient (Wildman–Crippen LogP) is 3.65. The third-order valence-electron chi connectivity index (χ3n) is 5.61. The molecule has 0 aromatic rings. The van der Waals surface area contributed by atoms with E-state index in [0.717, 1.165) is 18.3 Å². The Morgan fingerprint density at radius 2 is 1.44 bits per heavy atom. The van der Waals surface area contributed by atoms with Crippen molar-refractivity contribution >= 4 is 5.91 Å². The minimum absolute atomic E-state index is 0.338. The maximum atomic E-state index is 12.3. The molecule has 3 saturated carbocycles. The molecule has 3 atom stereocenters. The summed E-state index contributed by atoms with van der Waals surface area (Å²) in [6.45, 7) is 0. The zero-order valence-corrected chi connectivity index (χ0v) is 11.5. The molecule has 0 saturated heterocycles. The van der Waals surface area contributed by atoms with Gasteiger partial charge in [-0.2, -0.15) is 0 Å². The van der Waals surface area contributed by atoms with Gasteiger partial charge in [0, 0.05) is 12.0 Å². The lowest BCUT2D eigenvalue weighted by atomic mass is 9.67. The van der Waals surface area contributed by atoms with Gasteiger partial charge < -0.3 is 5.32 Å². The molecule has 3 fully saturated rings. The van der Waals surface area contributed by atoms with E-state index in [2.05, 4.69) is 5.32 Å². The van der Waals surface area contributed by atoms with Gasteiger partial charge in [0.15, 0.2) is 0 Å². The number of carbonyl (C=O) groups excluding carboxylic acids is 1. The monoisotopic (exact) mass is 249 g/mol. The van der Waals surface area contributed by atoms with Crippen LogP contribution in [0.5, 0.6) is 0 Å². The summed E-state index contributed by atoms with van der Waals surface area (Å²) in [6, 6.07) is 0.501. The van der Waals surface area contributed by atoms with Crippen molar-refractivity contribution < 1.29 is 4.79 Å². The average Bonchev–Trinajstić information content (AvgIpc) is 2.91. The first-order valence-corrected chi connectivity index (χ1v) is 8.13. The summed E-state index contributed by atoms with van der Waals surface area (Å²) in [6.07, 6.45) is 14.3. The van der Waals surface area contributed by atoms with E-state index in [1.807, 2.05) is 0 Å². The van der Waals surface area contributed by atoms with Crippen molar-refractivity contribution in [2.75, 3.05) is 0 Å². The fraction of sp³-hybridized carbons (Fsp3) is 0.938. The van der Waals surface area contributed by atoms with Crippen molar-refractivity contribution in [3.05, 3.63) is 0 Å². The van der Waals surface area contributed by atoms with Gasteiger partial charge in [0.25, 0.3) is 0 Å². The molecule has 1 amide bonds. The number of amides is 1. The van der Waals surface area contributed by atoms with Gasteiger partial charge in [-0.1, -0.05) is 38.5 Å². The minimum atomic E-state index is 0.338. The molecule has 3 unspecified atom stereocenters. The van der Waals surface area contributed by atoms with E-state index >= 15 is 0 Å². The highest BCUT2D eigenvalue weighted by molar-refractivity contribution is 5.79. The van der Waals surface area contributed by atoms with E-state index in [9.17, 15) is 4.79 Å². The Morgan fingerprint density at radius 3 is 2.22 bits per heavy atom. The molecule has 3 aliphatic carbocycles. The molecule has 2 nitrogen and oxygen atoms in total. The molecule has 3 aliphatic rings. The van der Waals surface area contributed by atoms with Crippen LogP contribution in [0.3, 0.4) is 0 Å². The molecule has 0 aromatic carbocycles. The number of fused-ring (bicyclic) bond motifs is 1. The highest BCUT2D eigenvalue weighted by atomic mass is 16.1. The fourth-order valence-corrected chi connectivity index (χ4v) is 4.50. The quantitative estimate of drug-likeness (QED) is 0.795. The Bertz CT molecular complexity index is 295. The Hall–Kier alpha value is -0.530. The van der Waals surface area contributed by atoms with E-state index in [-0.39, 0.29) is 0 Å². The van der Waals surface area contributed by atoms with Crippen molar-refractivity contribution in [2.24, 2.45) is 17.8 Å². The van der Waals surface area contributed by atoms with Crippen LogP contribution in [-0.4, -0.2) is 11.9 Å². The predicted molar refractivity (Wildman–Crippen MR) is 73.2 cm³/mol. The largest absolute Gasteiger partial charge is 0.353 e. The second kappa shape index (κ2) is 5.63. The topological polar surface area (TPSA) is 29.1 Å². The minimum Gasteiger partial charge on any atom is -0.353 e. The van der Waals surface area contributed by atoms with Gasteiger partial charge in [-0.05, 0) is 43.9 Å². The van der Waals surface area contributed by atoms with E-state index in [1.165, 1.54) is 64.2 Å². The molecule has 0 heterocycles. The second-order valence-electron chi connectivity index (χ2n) is 6.80. The summed E-state index contributed by atoms with van der Waals surface area (Å²) in [5.41, 5.74) is 0. The number of carbonyl (C=O) groups is 1. The molecule has 18 heavy (non-hydrogen) atoms. The Morgan fingerprint density at radius 1 is 0.778 bits per heavy atom. The molecule has 1 N–H and O–H groups in total. The summed E-state index contributed by atoms with van der Waals surface area (Å²) < 4.78 is 0.